The van der Waals surface area contributed by atoms with Gasteiger partial charge in [-0.3, -0.25) is 4.79 Å². The molecule has 0 saturated carbocycles. The van der Waals surface area contributed by atoms with Gasteiger partial charge in [0.25, 0.3) is 5.91 Å². The fraction of sp³-hybridized carbons (Fsp3) is 0.381. The van der Waals surface area contributed by atoms with Crippen molar-refractivity contribution in [3.8, 4) is 0 Å². The zero-order valence-electron chi connectivity index (χ0n) is 16.4. The van der Waals surface area contributed by atoms with Crippen LogP contribution in [0.25, 0.3) is 0 Å². The van der Waals surface area contributed by atoms with Crippen molar-refractivity contribution in [2.24, 2.45) is 0 Å². The second-order valence-electron chi connectivity index (χ2n) is 7.28. The molecule has 0 bridgehead atoms. The van der Waals surface area contributed by atoms with Gasteiger partial charge in [0.2, 0.25) is 10.0 Å². The number of nitrogens with one attached hydrogen (secondary N) is 1. The first kappa shape index (κ1) is 22.3. The van der Waals surface area contributed by atoms with Crippen molar-refractivity contribution in [1.82, 2.24) is 9.62 Å². The number of hydrogen-bond donors (Lipinski definition) is 1. The van der Waals surface area contributed by atoms with Crippen LogP contribution in [-0.2, 0) is 16.2 Å². The van der Waals surface area contributed by atoms with Crippen molar-refractivity contribution in [3.05, 3.63) is 65.2 Å². The Morgan fingerprint density at radius 3 is 2.37 bits per heavy atom. The van der Waals surface area contributed by atoms with E-state index < -0.39 is 33.7 Å². The quantitative estimate of drug-likeness (QED) is 0.751. The molecule has 2 aromatic carbocycles. The molecule has 162 valence electrons. The summed E-state index contributed by atoms with van der Waals surface area (Å²) in [5, 5.41) is 2.62. The van der Waals surface area contributed by atoms with E-state index in [4.69, 9.17) is 0 Å². The number of carbonyl (C=O) groups excluding carboxylic acids is 1. The van der Waals surface area contributed by atoms with E-state index in [0.29, 0.717) is 13.1 Å². The van der Waals surface area contributed by atoms with Gasteiger partial charge >= 0.3 is 6.18 Å². The van der Waals surface area contributed by atoms with Crippen LogP contribution in [0.15, 0.2) is 53.4 Å². The molecule has 1 unspecified atom stereocenters. The standard InChI is InChI=1S/C21H23F3N2O3S/c1-15(16-8-7-9-17(14-16)21(22,23)24)25-20(27)18-10-3-4-11-19(18)30(28,29)26-12-5-2-6-13-26/h3-4,7-11,14-15H,2,5-6,12-13H2,1H3,(H,25,27). The van der Waals surface area contributed by atoms with E-state index in [9.17, 15) is 26.4 Å². The number of hydrogen-bond acceptors (Lipinski definition) is 3. The Labute approximate surface area is 173 Å². The number of rotatable bonds is 5. The maximum absolute atomic E-state index is 13.0. The minimum absolute atomic E-state index is 0.0260. The Morgan fingerprint density at radius 1 is 1.03 bits per heavy atom. The highest BCUT2D eigenvalue weighted by molar-refractivity contribution is 7.89. The number of piperidine rings is 1. The van der Waals surface area contributed by atoms with Crippen LogP contribution < -0.4 is 5.32 Å². The number of alkyl halides is 3. The van der Waals surface area contributed by atoms with Gasteiger partial charge in [0.1, 0.15) is 0 Å². The summed E-state index contributed by atoms with van der Waals surface area (Å²) >= 11 is 0. The second-order valence-corrected chi connectivity index (χ2v) is 9.19. The lowest BCUT2D eigenvalue weighted by molar-refractivity contribution is -0.137. The molecule has 1 saturated heterocycles. The molecule has 0 aliphatic carbocycles. The molecule has 1 aliphatic rings. The van der Waals surface area contributed by atoms with E-state index in [-0.39, 0.29) is 16.0 Å². The van der Waals surface area contributed by atoms with Gasteiger partial charge in [-0.25, -0.2) is 8.42 Å². The van der Waals surface area contributed by atoms with E-state index in [1.165, 1.54) is 28.6 Å². The van der Waals surface area contributed by atoms with Crippen LogP contribution in [0.4, 0.5) is 13.2 Å². The van der Waals surface area contributed by atoms with Gasteiger partial charge in [0.15, 0.2) is 0 Å². The summed E-state index contributed by atoms with van der Waals surface area (Å²) in [6.07, 6.45) is -2.00. The molecule has 1 N–H and O–H groups in total. The number of carbonyl (C=O) groups is 1. The van der Waals surface area contributed by atoms with E-state index in [2.05, 4.69) is 5.32 Å². The van der Waals surface area contributed by atoms with Crippen molar-refractivity contribution < 1.29 is 26.4 Å². The summed E-state index contributed by atoms with van der Waals surface area (Å²) in [7, 11) is -3.84. The Kier molecular flexibility index (Phi) is 6.52. The fourth-order valence-electron chi connectivity index (χ4n) is 3.47. The zero-order chi connectivity index (χ0) is 21.9. The number of amides is 1. The Bertz CT molecular complexity index is 1020. The molecule has 1 aliphatic heterocycles. The van der Waals surface area contributed by atoms with Crippen LogP contribution in [0.1, 0.15) is 53.7 Å². The van der Waals surface area contributed by atoms with Crippen LogP contribution in [0.5, 0.6) is 0 Å². The largest absolute Gasteiger partial charge is 0.416 e. The summed E-state index contributed by atoms with van der Waals surface area (Å²) < 4.78 is 66.3. The highest BCUT2D eigenvalue weighted by atomic mass is 32.2. The van der Waals surface area contributed by atoms with Crippen LogP contribution in [0, 0.1) is 0 Å². The summed E-state index contributed by atoms with van der Waals surface area (Å²) in [6.45, 7) is 2.35. The maximum atomic E-state index is 13.0. The van der Waals surface area contributed by atoms with Gasteiger partial charge < -0.3 is 5.32 Å². The molecular weight excluding hydrogens is 417 g/mol. The first-order chi connectivity index (χ1) is 14.1. The van der Waals surface area contributed by atoms with Crippen molar-refractivity contribution in [3.63, 3.8) is 0 Å². The molecule has 0 radical (unpaired) electrons. The number of benzene rings is 2. The Balaban J connectivity index is 1.85. The molecule has 2 aromatic rings. The Morgan fingerprint density at radius 2 is 1.70 bits per heavy atom. The predicted molar refractivity (Wildman–Crippen MR) is 106 cm³/mol. The van der Waals surface area contributed by atoms with Crippen molar-refractivity contribution in [2.45, 2.75) is 43.3 Å². The molecule has 0 aromatic heterocycles. The molecule has 30 heavy (non-hydrogen) atoms. The van der Waals surface area contributed by atoms with E-state index in [1.54, 1.807) is 19.1 Å². The summed E-state index contributed by atoms with van der Waals surface area (Å²) in [5.41, 5.74) is -0.564. The van der Waals surface area contributed by atoms with Gasteiger partial charge in [-0.05, 0) is 49.6 Å². The monoisotopic (exact) mass is 440 g/mol. The smallest absolute Gasteiger partial charge is 0.345 e. The summed E-state index contributed by atoms with van der Waals surface area (Å²) in [4.78, 5) is 12.7. The minimum Gasteiger partial charge on any atom is -0.345 e. The molecule has 5 nitrogen and oxygen atoms in total. The van der Waals surface area contributed by atoms with Crippen molar-refractivity contribution in [2.75, 3.05) is 13.1 Å². The van der Waals surface area contributed by atoms with Crippen LogP contribution in [0.3, 0.4) is 0 Å². The highest BCUT2D eigenvalue weighted by Gasteiger charge is 2.32. The molecule has 1 atom stereocenters. The third kappa shape index (κ3) is 4.84. The van der Waals surface area contributed by atoms with Crippen molar-refractivity contribution >= 4 is 15.9 Å². The minimum atomic E-state index is -4.49. The van der Waals surface area contributed by atoms with Crippen molar-refractivity contribution in [1.29, 1.82) is 0 Å². The Hall–Kier alpha value is -2.39. The number of halogens is 3. The topological polar surface area (TPSA) is 66.5 Å². The van der Waals surface area contributed by atoms with Gasteiger partial charge in [-0.15, -0.1) is 0 Å². The highest BCUT2D eigenvalue weighted by Crippen LogP contribution is 2.31. The maximum Gasteiger partial charge on any atom is 0.416 e. The number of nitrogens with zero attached hydrogens (tertiary/aromatic N) is 1. The van der Waals surface area contributed by atoms with E-state index in [0.717, 1.165) is 31.4 Å². The number of sulfonamides is 1. The lowest BCUT2D eigenvalue weighted by atomic mass is 10.0. The predicted octanol–water partition coefficient (Wildman–Crippen LogP) is 4.37. The van der Waals surface area contributed by atoms with Gasteiger partial charge in [0, 0.05) is 13.1 Å². The third-order valence-corrected chi connectivity index (χ3v) is 7.08. The molecule has 1 heterocycles. The second kappa shape index (κ2) is 8.77. The van der Waals surface area contributed by atoms with E-state index >= 15 is 0 Å². The normalized spacial score (nSPS) is 16.8. The van der Waals surface area contributed by atoms with Crippen LogP contribution in [-0.4, -0.2) is 31.7 Å². The average Bonchev–Trinajstić information content (AvgIpc) is 2.73. The molecule has 9 heteroatoms. The first-order valence-electron chi connectivity index (χ1n) is 9.68. The average molecular weight is 440 g/mol. The van der Waals surface area contributed by atoms with Crippen LogP contribution >= 0.6 is 0 Å². The zero-order valence-corrected chi connectivity index (χ0v) is 17.3. The molecule has 3 rings (SSSR count). The molecular formula is C21H23F3N2O3S. The summed E-state index contributed by atoms with van der Waals surface area (Å²) in [6, 6.07) is 9.83. The first-order valence-corrected chi connectivity index (χ1v) is 11.1. The molecule has 0 spiro atoms. The van der Waals surface area contributed by atoms with Gasteiger partial charge in [-0.2, -0.15) is 17.5 Å². The van der Waals surface area contributed by atoms with Gasteiger partial charge in [-0.1, -0.05) is 30.7 Å². The molecule has 1 fully saturated rings. The van der Waals surface area contributed by atoms with E-state index in [1.807, 2.05) is 0 Å². The summed E-state index contributed by atoms with van der Waals surface area (Å²) in [5.74, 6) is -0.656. The van der Waals surface area contributed by atoms with Gasteiger partial charge in [0.05, 0.1) is 22.1 Å². The fourth-order valence-corrected chi connectivity index (χ4v) is 5.17. The lowest BCUT2D eigenvalue weighted by Gasteiger charge is -2.26. The lowest BCUT2D eigenvalue weighted by Crippen LogP contribution is -2.37. The molecule has 1 amide bonds. The third-order valence-electron chi connectivity index (χ3n) is 5.13. The SMILES string of the molecule is CC(NC(=O)c1ccccc1S(=O)(=O)N1CCCCC1)c1cccc(C(F)(F)F)c1. The van der Waals surface area contributed by atoms with Crippen LogP contribution in [0.2, 0.25) is 0 Å².